The van der Waals surface area contributed by atoms with Crippen LogP contribution in [0.1, 0.15) is 33.3 Å². The first-order valence-electron chi connectivity index (χ1n) is 11.2. The maximum absolute atomic E-state index is 13.5. The number of nitrogens with zero attached hydrogens (tertiary/aromatic N) is 2. The monoisotopic (exact) mass is 486 g/mol. The summed E-state index contributed by atoms with van der Waals surface area (Å²) in [6, 6.07) is 17.4. The maximum Gasteiger partial charge on any atom is 0.290 e. The van der Waals surface area contributed by atoms with Crippen molar-refractivity contribution in [2.24, 2.45) is 0 Å². The van der Waals surface area contributed by atoms with Gasteiger partial charge in [-0.2, -0.15) is 0 Å². The highest BCUT2D eigenvalue weighted by molar-refractivity contribution is 5.99. The van der Waals surface area contributed by atoms with Gasteiger partial charge in [-0.1, -0.05) is 18.2 Å². The van der Waals surface area contributed by atoms with E-state index in [2.05, 4.69) is 0 Å². The predicted octanol–water partition coefficient (Wildman–Crippen LogP) is 4.51. The van der Waals surface area contributed by atoms with Crippen molar-refractivity contribution in [3.8, 4) is 11.5 Å². The molecule has 1 aromatic heterocycles. The van der Waals surface area contributed by atoms with E-state index in [1.807, 2.05) is 12.1 Å². The second kappa shape index (κ2) is 9.18. The number of hydrogen-bond acceptors (Lipinski definition) is 7. The minimum atomic E-state index is -0.741. The molecular formula is C27H22N2O7. The molecule has 0 unspecified atom stereocenters. The highest BCUT2D eigenvalue weighted by Gasteiger charge is 2.42. The Morgan fingerprint density at radius 1 is 0.972 bits per heavy atom. The van der Waals surface area contributed by atoms with Crippen LogP contribution in [0, 0.1) is 10.1 Å². The van der Waals surface area contributed by atoms with Gasteiger partial charge in [0, 0.05) is 18.7 Å². The zero-order valence-electron chi connectivity index (χ0n) is 19.6. The fourth-order valence-electron chi connectivity index (χ4n) is 4.61. The molecule has 0 fully saturated rings. The van der Waals surface area contributed by atoms with Crippen LogP contribution in [-0.4, -0.2) is 36.5 Å². The molecule has 0 aliphatic carbocycles. The third-order valence-electron chi connectivity index (χ3n) is 6.38. The molecule has 5 rings (SSSR count). The summed E-state index contributed by atoms with van der Waals surface area (Å²) in [5.41, 5.74) is 1.69. The molecule has 4 aromatic rings. The number of amides is 1. The SMILES string of the molecule is COc1ccc(CCN2C(=O)c3oc4ccccc4c(=O)c3[C@@H]2c2ccc([N+](=O)[O-])cc2)cc1OC. The van der Waals surface area contributed by atoms with Crippen molar-refractivity contribution in [2.45, 2.75) is 12.5 Å². The lowest BCUT2D eigenvalue weighted by atomic mass is 9.98. The van der Waals surface area contributed by atoms with Gasteiger partial charge in [0.25, 0.3) is 11.6 Å². The predicted molar refractivity (Wildman–Crippen MR) is 132 cm³/mol. The van der Waals surface area contributed by atoms with Crippen LogP contribution in [-0.2, 0) is 6.42 Å². The molecule has 1 aliphatic rings. The van der Waals surface area contributed by atoms with E-state index in [0.717, 1.165) is 5.56 Å². The number of rotatable bonds is 7. The highest BCUT2D eigenvalue weighted by atomic mass is 16.6. The first kappa shape index (κ1) is 23.1. The van der Waals surface area contributed by atoms with E-state index in [1.165, 1.54) is 12.1 Å². The van der Waals surface area contributed by atoms with Crippen LogP contribution in [0.15, 0.2) is 75.9 Å². The third kappa shape index (κ3) is 3.84. The summed E-state index contributed by atoms with van der Waals surface area (Å²) in [6.07, 6.45) is 0.470. The summed E-state index contributed by atoms with van der Waals surface area (Å²) in [5, 5.41) is 11.5. The topological polar surface area (TPSA) is 112 Å². The first-order valence-corrected chi connectivity index (χ1v) is 11.2. The molecule has 0 spiro atoms. The Kier molecular flexibility index (Phi) is 5.89. The normalized spacial score (nSPS) is 14.7. The molecule has 1 amide bonds. The van der Waals surface area contributed by atoms with Crippen molar-refractivity contribution in [1.29, 1.82) is 0 Å². The van der Waals surface area contributed by atoms with Gasteiger partial charge in [0.2, 0.25) is 5.76 Å². The van der Waals surface area contributed by atoms with E-state index in [4.69, 9.17) is 13.9 Å². The number of benzene rings is 3. The summed E-state index contributed by atoms with van der Waals surface area (Å²) >= 11 is 0. The summed E-state index contributed by atoms with van der Waals surface area (Å²) in [6.45, 7) is 0.274. The number of carbonyl (C=O) groups excluding carboxylic acids is 1. The second-order valence-corrected chi connectivity index (χ2v) is 8.36. The number of carbonyl (C=O) groups is 1. The average Bonchev–Trinajstić information content (AvgIpc) is 3.18. The molecule has 0 bridgehead atoms. The Hall–Kier alpha value is -4.66. The van der Waals surface area contributed by atoms with Crippen LogP contribution in [0.25, 0.3) is 11.0 Å². The molecule has 0 N–H and O–H groups in total. The Balaban J connectivity index is 1.58. The van der Waals surface area contributed by atoms with Crippen LogP contribution in [0.4, 0.5) is 5.69 Å². The van der Waals surface area contributed by atoms with Crippen molar-refractivity contribution in [3.05, 3.63) is 110 Å². The molecule has 0 saturated carbocycles. The van der Waals surface area contributed by atoms with Gasteiger partial charge in [-0.15, -0.1) is 0 Å². The second-order valence-electron chi connectivity index (χ2n) is 8.36. The molecule has 0 radical (unpaired) electrons. The molecule has 9 heteroatoms. The number of fused-ring (bicyclic) bond motifs is 2. The summed E-state index contributed by atoms with van der Waals surface area (Å²) in [5.74, 6) is 0.753. The fourth-order valence-corrected chi connectivity index (χ4v) is 4.61. The Labute approximate surface area is 205 Å². The van der Waals surface area contributed by atoms with Gasteiger partial charge in [0.1, 0.15) is 5.58 Å². The maximum atomic E-state index is 13.5. The number of ether oxygens (including phenoxy) is 2. The zero-order valence-corrected chi connectivity index (χ0v) is 19.6. The van der Waals surface area contributed by atoms with Gasteiger partial charge in [-0.3, -0.25) is 19.7 Å². The van der Waals surface area contributed by atoms with Crippen LogP contribution in [0.5, 0.6) is 11.5 Å². The minimum Gasteiger partial charge on any atom is -0.493 e. The van der Waals surface area contributed by atoms with Gasteiger partial charge in [-0.25, -0.2) is 0 Å². The average molecular weight is 486 g/mol. The lowest BCUT2D eigenvalue weighted by Crippen LogP contribution is -2.31. The van der Waals surface area contributed by atoms with Crippen LogP contribution < -0.4 is 14.9 Å². The van der Waals surface area contributed by atoms with Crippen molar-refractivity contribution in [3.63, 3.8) is 0 Å². The smallest absolute Gasteiger partial charge is 0.290 e. The molecule has 36 heavy (non-hydrogen) atoms. The van der Waals surface area contributed by atoms with Crippen molar-refractivity contribution < 1.29 is 23.6 Å². The molecule has 0 saturated heterocycles. The molecule has 2 heterocycles. The number of para-hydroxylation sites is 1. The summed E-state index contributed by atoms with van der Waals surface area (Å²) in [7, 11) is 3.11. The Bertz CT molecular complexity index is 1540. The molecular weight excluding hydrogens is 464 g/mol. The summed E-state index contributed by atoms with van der Waals surface area (Å²) in [4.78, 5) is 39.3. The molecule has 1 aliphatic heterocycles. The third-order valence-corrected chi connectivity index (χ3v) is 6.38. The van der Waals surface area contributed by atoms with Gasteiger partial charge >= 0.3 is 0 Å². The van der Waals surface area contributed by atoms with E-state index < -0.39 is 16.9 Å². The molecule has 9 nitrogen and oxygen atoms in total. The lowest BCUT2D eigenvalue weighted by Gasteiger charge is -2.25. The van der Waals surface area contributed by atoms with Crippen molar-refractivity contribution >= 4 is 22.6 Å². The molecule has 3 aromatic carbocycles. The number of nitro benzene ring substituents is 1. The van der Waals surface area contributed by atoms with E-state index >= 15 is 0 Å². The van der Waals surface area contributed by atoms with Crippen molar-refractivity contribution in [1.82, 2.24) is 4.90 Å². The summed E-state index contributed by atoms with van der Waals surface area (Å²) < 4.78 is 16.6. The van der Waals surface area contributed by atoms with E-state index in [9.17, 15) is 19.7 Å². The largest absolute Gasteiger partial charge is 0.493 e. The number of hydrogen-bond donors (Lipinski definition) is 0. The van der Waals surface area contributed by atoms with E-state index in [-0.39, 0.29) is 29.0 Å². The quantitative estimate of drug-likeness (QED) is 0.279. The zero-order chi connectivity index (χ0) is 25.4. The lowest BCUT2D eigenvalue weighted by molar-refractivity contribution is -0.384. The first-order chi connectivity index (χ1) is 17.4. The minimum absolute atomic E-state index is 0.00522. The van der Waals surface area contributed by atoms with Gasteiger partial charge in [0.05, 0.1) is 36.1 Å². The standard InChI is InChI=1S/C27H22N2O7/c1-34-21-12-7-16(15-22(21)35-2)13-14-28-24(17-8-10-18(11-9-17)29(32)33)23-25(30)19-5-3-4-6-20(19)36-26(23)27(28)31/h3-12,15,24H,13-14H2,1-2H3/t24-/m0/s1. The van der Waals surface area contributed by atoms with Crippen LogP contribution in [0.2, 0.25) is 0 Å². The van der Waals surface area contributed by atoms with Crippen molar-refractivity contribution in [2.75, 3.05) is 20.8 Å². The van der Waals surface area contributed by atoms with Gasteiger partial charge < -0.3 is 18.8 Å². The van der Waals surface area contributed by atoms with Crippen LogP contribution >= 0.6 is 0 Å². The molecule has 182 valence electrons. The fraction of sp³-hybridized carbons (Fsp3) is 0.185. The van der Waals surface area contributed by atoms with Gasteiger partial charge in [-0.05, 0) is 53.9 Å². The van der Waals surface area contributed by atoms with E-state index in [1.54, 1.807) is 61.6 Å². The molecule has 1 atom stereocenters. The van der Waals surface area contributed by atoms with E-state index in [0.29, 0.717) is 34.5 Å². The Morgan fingerprint density at radius 2 is 1.69 bits per heavy atom. The Morgan fingerprint density at radius 3 is 2.39 bits per heavy atom. The number of methoxy groups -OCH3 is 2. The van der Waals surface area contributed by atoms with Crippen LogP contribution in [0.3, 0.4) is 0 Å². The number of nitro groups is 1. The van der Waals surface area contributed by atoms with Gasteiger partial charge in [0.15, 0.2) is 16.9 Å². The number of non-ortho nitro benzene ring substituents is 1. The highest BCUT2D eigenvalue weighted by Crippen LogP contribution is 2.39.